The average Bonchev–Trinajstić information content (AvgIpc) is 2.41. The Kier molecular flexibility index (Phi) is 8.78. The number of nitrogens with one attached hydrogen (secondary N) is 1. The molecule has 1 atom stereocenters. The highest BCUT2D eigenvalue weighted by Gasteiger charge is 2.12. The van der Waals surface area contributed by atoms with Crippen molar-refractivity contribution >= 4 is 11.6 Å². The Morgan fingerprint density at radius 1 is 1.30 bits per heavy atom. The normalized spacial score (nSPS) is 12.6. The Bertz CT molecular complexity index is 390. The lowest BCUT2D eigenvalue weighted by atomic mass is 10.0. The molecule has 1 aromatic carbocycles. The van der Waals surface area contributed by atoms with Crippen LogP contribution in [0, 0.1) is 5.82 Å². The van der Waals surface area contributed by atoms with E-state index in [1.807, 2.05) is 6.92 Å². The number of likely N-dealkylation sites (N-methyl/N-ethyl adjacent to an activating group) is 1. The highest BCUT2D eigenvalue weighted by Crippen LogP contribution is 2.16. The van der Waals surface area contributed by atoms with E-state index in [1.54, 1.807) is 19.2 Å². The van der Waals surface area contributed by atoms with Crippen molar-refractivity contribution in [2.75, 3.05) is 33.5 Å². The van der Waals surface area contributed by atoms with Gasteiger partial charge in [0.1, 0.15) is 5.82 Å². The van der Waals surface area contributed by atoms with Gasteiger partial charge in [-0.2, -0.15) is 0 Å². The molecule has 0 heterocycles. The highest BCUT2D eigenvalue weighted by molar-refractivity contribution is 6.30. The molecule has 1 N–H and O–H groups in total. The summed E-state index contributed by atoms with van der Waals surface area (Å²) in [5.74, 6) is -0.249. The van der Waals surface area contributed by atoms with Crippen LogP contribution in [-0.2, 0) is 15.9 Å². The number of hydrogen-bond donors (Lipinski definition) is 1. The molecule has 0 aliphatic rings. The second kappa shape index (κ2) is 10.1. The maximum Gasteiger partial charge on any atom is 0.127 e. The lowest BCUT2D eigenvalue weighted by molar-refractivity contribution is 0.0658. The second-order valence-corrected chi connectivity index (χ2v) is 5.02. The zero-order chi connectivity index (χ0) is 14.8. The topological polar surface area (TPSA) is 30.5 Å². The van der Waals surface area contributed by atoms with E-state index in [0.29, 0.717) is 36.8 Å². The standard InChI is InChI=1S/C15H23ClFNO2/c1-3-18-14(6-7-20-9-8-19-2)10-12-4-5-13(16)11-15(12)17/h4-5,11,14,18H,3,6-10H2,1-2H3. The van der Waals surface area contributed by atoms with E-state index in [2.05, 4.69) is 5.32 Å². The van der Waals surface area contributed by atoms with Gasteiger partial charge in [0.25, 0.3) is 0 Å². The Hall–Kier alpha value is -0.680. The number of halogens is 2. The van der Waals surface area contributed by atoms with Crippen LogP contribution in [0.25, 0.3) is 0 Å². The Balaban J connectivity index is 2.45. The fourth-order valence-corrected chi connectivity index (χ4v) is 2.15. The Morgan fingerprint density at radius 3 is 2.75 bits per heavy atom. The Labute approximate surface area is 125 Å². The number of methoxy groups -OCH3 is 1. The van der Waals surface area contributed by atoms with E-state index < -0.39 is 0 Å². The molecule has 0 saturated heterocycles. The molecule has 0 spiro atoms. The first-order chi connectivity index (χ1) is 9.67. The zero-order valence-corrected chi connectivity index (χ0v) is 12.9. The van der Waals surface area contributed by atoms with E-state index in [9.17, 15) is 4.39 Å². The third-order valence-electron chi connectivity index (χ3n) is 3.02. The van der Waals surface area contributed by atoms with Crippen molar-refractivity contribution in [2.45, 2.75) is 25.8 Å². The zero-order valence-electron chi connectivity index (χ0n) is 12.1. The molecule has 1 aromatic rings. The molecule has 0 aliphatic heterocycles. The first kappa shape index (κ1) is 17.4. The minimum Gasteiger partial charge on any atom is -0.382 e. The van der Waals surface area contributed by atoms with E-state index in [0.717, 1.165) is 13.0 Å². The maximum atomic E-state index is 13.8. The molecule has 0 radical (unpaired) electrons. The molecule has 3 nitrogen and oxygen atoms in total. The lowest BCUT2D eigenvalue weighted by Gasteiger charge is -2.18. The van der Waals surface area contributed by atoms with Gasteiger partial charge in [0, 0.05) is 24.8 Å². The van der Waals surface area contributed by atoms with Crippen LogP contribution < -0.4 is 5.32 Å². The largest absolute Gasteiger partial charge is 0.382 e. The molecule has 0 amide bonds. The first-order valence-electron chi connectivity index (χ1n) is 6.91. The molecule has 0 aliphatic carbocycles. The van der Waals surface area contributed by atoms with Crippen molar-refractivity contribution in [3.63, 3.8) is 0 Å². The van der Waals surface area contributed by atoms with Crippen LogP contribution in [-0.4, -0.2) is 39.5 Å². The molecule has 114 valence electrons. The predicted octanol–water partition coefficient (Wildman–Crippen LogP) is 3.05. The van der Waals surface area contributed by atoms with Gasteiger partial charge >= 0.3 is 0 Å². The highest BCUT2D eigenvalue weighted by atomic mass is 35.5. The molecule has 0 saturated carbocycles. The lowest BCUT2D eigenvalue weighted by Crippen LogP contribution is -2.32. The predicted molar refractivity (Wildman–Crippen MR) is 79.9 cm³/mol. The van der Waals surface area contributed by atoms with Gasteiger partial charge in [-0.15, -0.1) is 0 Å². The third kappa shape index (κ3) is 6.66. The van der Waals surface area contributed by atoms with Crippen LogP contribution in [0.1, 0.15) is 18.9 Å². The Morgan fingerprint density at radius 2 is 2.10 bits per heavy atom. The number of hydrogen-bond acceptors (Lipinski definition) is 3. The van der Waals surface area contributed by atoms with Crippen LogP contribution in [0.5, 0.6) is 0 Å². The van der Waals surface area contributed by atoms with Gasteiger partial charge < -0.3 is 14.8 Å². The summed E-state index contributed by atoms with van der Waals surface area (Å²) >= 11 is 5.76. The van der Waals surface area contributed by atoms with Crippen molar-refractivity contribution in [3.05, 3.63) is 34.6 Å². The maximum absolute atomic E-state index is 13.8. The molecule has 20 heavy (non-hydrogen) atoms. The summed E-state index contributed by atoms with van der Waals surface area (Å²) in [5, 5.41) is 3.78. The van der Waals surface area contributed by atoms with Crippen molar-refractivity contribution in [1.29, 1.82) is 0 Å². The summed E-state index contributed by atoms with van der Waals surface area (Å²) in [5.41, 5.74) is 0.678. The van der Waals surface area contributed by atoms with Gasteiger partial charge in [0.2, 0.25) is 0 Å². The summed E-state index contributed by atoms with van der Waals surface area (Å²) in [7, 11) is 1.65. The van der Waals surface area contributed by atoms with E-state index in [-0.39, 0.29) is 11.9 Å². The molecular weight excluding hydrogens is 281 g/mol. The fraction of sp³-hybridized carbons (Fsp3) is 0.600. The minimum absolute atomic E-state index is 0.193. The van der Waals surface area contributed by atoms with Gasteiger partial charge in [0.15, 0.2) is 0 Å². The van der Waals surface area contributed by atoms with Gasteiger partial charge in [0.05, 0.1) is 13.2 Å². The summed E-state index contributed by atoms with van der Waals surface area (Å²) < 4.78 is 24.2. The van der Waals surface area contributed by atoms with Crippen LogP contribution in [0.4, 0.5) is 4.39 Å². The summed E-state index contributed by atoms with van der Waals surface area (Å²) in [6.45, 7) is 4.70. The number of benzene rings is 1. The second-order valence-electron chi connectivity index (χ2n) is 4.59. The molecule has 0 aromatic heterocycles. The number of rotatable bonds is 10. The molecule has 5 heteroatoms. The van der Waals surface area contributed by atoms with Crippen molar-refractivity contribution in [3.8, 4) is 0 Å². The molecule has 1 rings (SSSR count). The smallest absolute Gasteiger partial charge is 0.127 e. The van der Waals surface area contributed by atoms with Gasteiger partial charge in [-0.3, -0.25) is 0 Å². The average molecular weight is 304 g/mol. The van der Waals surface area contributed by atoms with Crippen molar-refractivity contribution < 1.29 is 13.9 Å². The van der Waals surface area contributed by atoms with Crippen molar-refractivity contribution in [2.24, 2.45) is 0 Å². The monoisotopic (exact) mass is 303 g/mol. The van der Waals surface area contributed by atoms with Gasteiger partial charge in [-0.25, -0.2) is 4.39 Å². The van der Waals surface area contributed by atoms with Crippen molar-refractivity contribution in [1.82, 2.24) is 5.32 Å². The molecular formula is C15H23ClFNO2. The van der Waals surface area contributed by atoms with Crippen LogP contribution in [0.15, 0.2) is 18.2 Å². The third-order valence-corrected chi connectivity index (χ3v) is 3.25. The van der Waals surface area contributed by atoms with Crippen LogP contribution in [0.2, 0.25) is 5.02 Å². The summed E-state index contributed by atoms with van der Waals surface area (Å²) in [6, 6.07) is 5.01. The minimum atomic E-state index is -0.249. The van der Waals surface area contributed by atoms with Gasteiger partial charge in [-0.05, 0) is 37.1 Å². The summed E-state index contributed by atoms with van der Waals surface area (Å²) in [6.07, 6.45) is 1.46. The van der Waals surface area contributed by atoms with E-state index in [4.69, 9.17) is 21.1 Å². The van der Waals surface area contributed by atoms with Crippen LogP contribution in [0.3, 0.4) is 0 Å². The van der Waals surface area contributed by atoms with E-state index in [1.165, 1.54) is 6.07 Å². The van der Waals surface area contributed by atoms with Crippen LogP contribution >= 0.6 is 11.6 Å². The quantitative estimate of drug-likeness (QED) is 0.674. The molecule has 1 unspecified atom stereocenters. The molecule has 0 fully saturated rings. The molecule has 0 bridgehead atoms. The van der Waals surface area contributed by atoms with Gasteiger partial charge in [-0.1, -0.05) is 24.6 Å². The van der Waals surface area contributed by atoms with E-state index >= 15 is 0 Å². The SMILES string of the molecule is CCNC(CCOCCOC)Cc1ccc(Cl)cc1F. The summed E-state index contributed by atoms with van der Waals surface area (Å²) in [4.78, 5) is 0. The number of ether oxygens (including phenoxy) is 2. The fourth-order valence-electron chi connectivity index (χ4n) is 1.99. The first-order valence-corrected chi connectivity index (χ1v) is 7.29.